The van der Waals surface area contributed by atoms with Crippen LogP contribution in [-0.4, -0.2) is 43.2 Å². The highest BCUT2D eigenvalue weighted by Gasteiger charge is 2.24. The molecule has 0 aromatic rings. The van der Waals surface area contributed by atoms with Crippen molar-refractivity contribution in [3.8, 4) is 0 Å². The topological polar surface area (TPSA) is 55.6 Å². The fourth-order valence-corrected chi connectivity index (χ4v) is 2.10. The van der Waals surface area contributed by atoms with Crippen LogP contribution in [0.2, 0.25) is 0 Å². The molecular formula is C12H24N2O2. The molecule has 1 saturated carbocycles. The van der Waals surface area contributed by atoms with Crippen LogP contribution in [0, 0.1) is 0 Å². The summed E-state index contributed by atoms with van der Waals surface area (Å²) in [6.07, 6.45) is 5.06. The molecule has 0 aromatic carbocycles. The van der Waals surface area contributed by atoms with Gasteiger partial charge in [0.15, 0.2) is 0 Å². The lowest BCUT2D eigenvalue weighted by Crippen LogP contribution is -2.43. The second kappa shape index (κ2) is 6.86. The Morgan fingerprint density at radius 1 is 1.38 bits per heavy atom. The molecule has 2 N–H and O–H groups in total. The summed E-state index contributed by atoms with van der Waals surface area (Å²) in [4.78, 5) is 13.6. The molecule has 4 heteroatoms. The minimum Gasteiger partial charge on any atom is -0.372 e. The second-order valence-electron chi connectivity index (χ2n) is 4.63. The normalized spacial score (nSPS) is 25.4. The summed E-state index contributed by atoms with van der Waals surface area (Å²) in [6.45, 7) is 2.92. The third-order valence-electron chi connectivity index (χ3n) is 3.26. The maximum atomic E-state index is 11.8. The fourth-order valence-electron chi connectivity index (χ4n) is 2.10. The Balaban J connectivity index is 2.27. The molecule has 0 atom stereocenters. The smallest absolute Gasteiger partial charge is 0.248 e. The van der Waals surface area contributed by atoms with E-state index in [-0.39, 0.29) is 12.5 Å². The van der Waals surface area contributed by atoms with E-state index in [9.17, 15) is 4.79 Å². The van der Waals surface area contributed by atoms with E-state index in [1.807, 2.05) is 18.9 Å². The third-order valence-corrected chi connectivity index (χ3v) is 3.26. The molecule has 16 heavy (non-hydrogen) atoms. The van der Waals surface area contributed by atoms with Crippen LogP contribution in [-0.2, 0) is 9.53 Å². The lowest BCUT2D eigenvalue weighted by atomic mass is 9.91. The standard InChI is InChI=1S/C12H24N2O2/c1-3-8-16-9-12(15)14(2)11-6-4-10(13)5-7-11/h10-11H,3-9,13H2,1-2H3. The molecule has 4 nitrogen and oxygen atoms in total. The largest absolute Gasteiger partial charge is 0.372 e. The van der Waals surface area contributed by atoms with E-state index in [1.165, 1.54) is 0 Å². The summed E-state index contributed by atoms with van der Waals surface area (Å²) in [7, 11) is 1.87. The van der Waals surface area contributed by atoms with Crippen LogP contribution in [0.5, 0.6) is 0 Å². The van der Waals surface area contributed by atoms with Crippen molar-refractivity contribution in [2.45, 2.75) is 51.1 Å². The SMILES string of the molecule is CCCOCC(=O)N(C)C1CCC(N)CC1. The van der Waals surface area contributed by atoms with Gasteiger partial charge in [-0.05, 0) is 32.1 Å². The first kappa shape index (κ1) is 13.5. The summed E-state index contributed by atoms with van der Waals surface area (Å²) in [5.41, 5.74) is 5.84. The number of amides is 1. The van der Waals surface area contributed by atoms with Crippen molar-refractivity contribution in [2.75, 3.05) is 20.3 Å². The maximum Gasteiger partial charge on any atom is 0.248 e. The van der Waals surface area contributed by atoms with Gasteiger partial charge in [-0.1, -0.05) is 6.92 Å². The van der Waals surface area contributed by atoms with Crippen molar-refractivity contribution in [3.05, 3.63) is 0 Å². The maximum absolute atomic E-state index is 11.8. The molecule has 1 aliphatic rings. The first-order chi connectivity index (χ1) is 7.65. The van der Waals surface area contributed by atoms with Gasteiger partial charge < -0.3 is 15.4 Å². The Labute approximate surface area is 98.1 Å². The molecule has 1 rings (SSSR count). The first-order valence-electron chi connectivity index (χ1n) is 6.24. The molecule has 0 spiro atoms. The van der Waals surface area contributed by atoms with Crippen molar-refractivity contribution in [2.24, 2.45) is 5.73 Å². The summed E-state index contributed by atoms with van der Waals surface area (Å²) in [6, 6.07) is 0.689. The highest BCUT2D eigenvalue weighted by Crippen LogP contribution is 2.21. The van der Waals surface area contributed by atoms with Crippen molar-refractivity contribution < 1.29 is 9.53 Å². The van der Waals surface area contributed by atoms with Crippen molar-refractivity contribution in [1.82, 2.24) is 4.90 Å². The van der Waals surface area contributed by atoms with Gasteiger partial charge in [-0.15, -0.1) is 0 Å². The number of nitrogens with two attached hydrogens (primary N) is 1. The Bertz CT molecular complexity index is 213. The van der Waals surface area contributed by atoms with Gasteiger partial charge in [-0.2, -0.15) is 0 Å². The van der Waals surface area contributed by atoms with Gasteiger partial charge in [0.25, 0.3) is 0 Å². The van der Waals surface area contributed by atoms with Gasteiger partial charge in [0.1, 0.15) is 6.61 Å². The number of rotatable bonds is 5. The predicted molar refractivity (Wildman–Crippen MR) is 64.1 cm³/mol. The number of carbonyl (C=O) groups is 1. The van der Waals surface area contributed by atoms with Crippen LogP contribution in [0.3, 0.4) is 0 Å². The Morgan fingerprint density at radius 3 is 2.56 bits per heavy atom. The van der Waals surface area contributed by atoms with Crippen LogP contribution in [0.1, 0.15) is 39.0 Å². The Hall–Kier alpha value is -0.610. The quantitative estimate of drug-likeness (QED) is 0.718. The number of likely N-dealkylation sites (N-methyl/N-ethyl adjacent to an activating group) is 1. The number of ether oxygens (including phenoxy) is 1. The lowest BCUT2D eigenvalue weighted by Gasteiger charge is -2.33. The van der Waals surface area contributed by atoms with Crippen LogP contribution >= 0.6 is 0 Å². The van der Waals surface area contributed by atoms with Crippen molar-refractivity contribution in [3.63, 3.8) is 0 Å². The monoisotopic (exact) mass is 228 g/mol. The highest BCUT2D eigenvalue weighted by atomic mass is 16.5. The summed E-state index contributed by atoms with van der Waals surface area (Å²) in [5.74, 6) is 0.0916. The van der Waals surface area contributed by atoms with Gasteiger partial charge in [0, 0.05) is 25.7 Å². The molecule has 0 radical (unpaired) electrons. The second-order valence-corrected chi connectivity index (χ2v) is 4.63. The predicted octanol–water partition coefficient (Wildman–Crippen LogP) is 1.14. The van der Waals surface area contributed by atoms with Crippen LogP contribution in [0.25, 0.3) is 0 Å². The van der Waals surface area contributed by atoms with E-state index in [4.69, 9.17) is 10.5 Å². The average Bonchev–Trinajstić information content (AvgIpc) is 2.29. The van der Waals surface area contributed by atoms with Gasteiger partial charge in [-0.25, -0.2) is 0 Å². The fraction of sp³-hybridized carbons (Fsp3) is 0.917. The zero-order chi connectivity index (χ0) is 12.0. The van der Waals surface area contributed by atoms with Gasteiger partial charge in [-0.3, -0.25) is 4.79 Å². The van der Waals surface area contributed by atoms with E-state index in [2.05, 4.69) is 0 Å². The first-order valence-corrected chi connectivity index (χ1v) is 6.24. The zero-order valence-electron chi connectivity index (χ0n) is 10.4. The zero-order valence-corrected chi connectivity index (χ0v) is 10.4. The van der Waals surface area contributed by atoms with E-state index >= 15 is 0 Å². The lowest BCUT2D eigenvalue weighted by molar-refractivity contribution is -0.137. The molecule has 1 amide bonds. The molecule has 0 bridgehead atoms. The molecule has 0 aliphatic heterocycles. The van der Waals surface area contributed by atoms with E-state index in [1.54, 1.807) is 0 Å². The summed E-state index contributed by atoms with van der Waals surface area (Å²) in [5, 5.41) is 0. The summed E-state index contributed by atoms with van der Waals surface area (Å²) < 4.78 is 5.26. The molecule has 94 valence electrons. The molecule has 1 fully saturated rings. The van der Waals surface area contributed by atoms with Gasteiger partial charge in [0.2, 0.25) is 5.91 Å². The van der Waals surface area contributed by atoms with Crippen molar-refractivity contribution in [1.29, 1.82) is 0 Å². The summed E-state index contributed by atoms with van der Waals surface area (Å²) >= 11 is 0. The molecule has 0 heterocycles. The molecule has 0 unspecified atom stereocenters. The number of carbonyl (C=O) groups excluding carboxylic acids is 1. The minimum absolute atomic E-state index is 0.0916. The van der Waals surface area contributed by atoms with Crippen LogP contribution in [0.15, 0.2) is 0 Å². The Morgan fingerprint density at radius 2 is 2.00 bits per heavy atom. The molecule has 1 aliphatic carbocycles. The molecule has 0 saturated heterocycles. The van der Waals surface area contributed by atoms with Gasteiger partial charge >= 0.3 is 0 Å². The van der Waals surface area contributed by atoms with E-state index < -0.39 is 0 Å². The highest BCUT2D eigenvalue weighted by molar-refractivity contribution is 5.77. The van der Waals surface area contributed by atoms with E-state index in [0.717, 1.165) is 32.1 Å². The molecule has 0 aromatic heterocycles. The third kappa shape index (κ3) is 4.10. The number of hydrogen-bond acceptors (Lipinski definition) is 3. The van der Waals surface area contributed by atoms with Crippen molar-refractivity contribution >= 4 is 5.91 Å². The Kier molecular flexibility index (Phi) is 5.77. The number of nitrogens with zero attached hydrogens (tertiary/aromatic N) is 1. The van der Waals surface area contributed by atoms with Gasteiger partial charge in [0.05, 0.1) is 0 Å². The van der Waals surface area contributed by atoms with E-state index in [0.29, 0.717) is 18.7 Å². The average molecular weight is 228 g/mol. The molecular weight excluding hydrogens is 204 g/mol. The number of hydrogen-bond donors (Lipinski definition) is 1. The van der Waals surface area contributed by atoms with Crippen LogP contribution in [0.4, 0.5) is 0 Å². The minimum atomic E-state index is 0.0916. The van der Waals surface area contributed by atoms with Crippen LogP contribution < -0.4 is 5.73 Å².